The van der Waals surface area contributed by atoms with Crippen LogP contribution in [0.1, 0.15) is 45.1 Å². The second-order valence-electron chi connectivity index (χ2n) is 6.81. The first-order valence-electron chi connectivity index (χ1n) is 9.13. The van der Waals surface area contributed by atoms with E-state index in [4.69, 9.17) is 4.52 Å². The van der Waals surface area contributed by atoms with Crippen molar-refractivity contribution in [3.05, 3.63) is 51.6 Å². The highest BCUT2D eigenvalue weighted by molar-refractivity contribution is 7.89. The van der Waals surface area contributed by atoms with Gasteiger partial charge in [-0.05, 0) is 38.8 Å². The summed E-state index contributed by atoms with van der Waals surface area (Å²) in [7, 11) is -3.85. The third-order valence-corrected chi connectivity index (χ3v) is 7.96. The van der Waals surface area contributed by atoms with Gasteiger partial charge in [-0.1, -0.05) is 28.6 Å². The van der Waals surface area contributed by atoms with Crippen LogP contribution in [0.4, 0.5) is 10.1 Å². The van der Waals surface area contributed by atoms with E-state index < -0.39 is 27.8 Å². The summed E-state index contributed by atoms with van der Waals surface area (Å²) in [6, 6.07) is 5.24. The first-order valence-corrected chi connectivity index (χ1v) is 11.4. The largest absolute Gasteiger partial charge is 0.360 e. The number of aryl methyl sites for hydroxylation is 2. The maximum absolute atomic E-state index is 13.8. The molecule has 1 amide bonds. The molecule has 9 nitrogen and oxygen atoms in total. The Kier molecular flexibility index (Phi) is 5.38. The summed E-state index contributed by atoms with van der Waals surface area (Å²) in [5.74, 6) is -0.953. The van der Waals surface area contributed by atoms with E-state index >= 15 is 0 Å². The third kappa shape index (κ3) is 3.61. The number of benzene rings is 1. The van der Waals surface area contributed by atoms with Gasteiger partial charge in [-0.15, -0.1) is 10.2 Å². The lowest BCUT2D eigenvalue weighted by molar-refractivity contribution is 0.102. The van der Waals surface area contributed by atoms with Gasteiger partial charge >= 0.3 is 0 Å². The summed E-state index contributed by atoms with van der Waals surface area (Å²) in [6.07, 6.45) is 1.19. The number of hydrogen-bond acceptors (Lipinski definition) is 8. The molecule has 1 atom stereocenters. The monoisotopic (exact) mass is 451 g/mol. The molecule has 1 fully saturated rings. The van der Waals surface area contributed by atoms with Gasteiger partial charge in [0.15, 0.2) is 5.76 Å². The summed E-state index contributed by atoms with van der Waals surface area (Å²) < 4.78 is 46.5. The van der Waals surface area contributed by atoms with Crippen LogP contribution in [0.25, 0.3) is 0 Å². The van der Waals surface area contributed by atoms with Crippen molar-refractivity contribution in [2.24, 2.45) is 0 Å². The van der Waals surface area contributed by atoms with Crippen LogP contribution in [-0.4, -0.2) is 40.5 Å². The molecule has 0 aliphatic carbocycles. The van der Waals surface area contributed by atoms with Crippen LogP contribution < -0.4 is 5.32 Å². The summed E-state index contributed by atoms with van der Waals surface area (Å²) in [4.78, 5) is 12.5. The maximum atomic E-state index is 13.8. The molecule has 1 saturated heterocycles. The molecular formula is C18H18FN5O4S2. The van der Waals surface area contributed by atoms with Crippen LogP contribution in [0.15, 0.2) is 33.7 Å². The molecule has 1 aliphatic rings. The van der Waals surface area contributed by atoms with Gasteiger partial charge in [0.25, 0.3) is 5.91 Å². The molecule has 4 rings (SSSR count). The molecule has 158 valence electrons. The van der Waals surface area contributed by atoms with Crippen LogP contribution in [0.5, 0.6) is 0 Å². The van der Waals surface area contributed by atoms with Gasteiger partial charge in [0.2, 0.25) is 15.0 Å². The van der Waals surface area contributed by atoms with Gasteiger partial charge in [0.05, 0.1) is 11.7 Å². The lowest BCUT2D eigenvalue weighted by atomic mass is 10.2. The van der Waals surface area contributed by atoms with Crippen LogP contribution in [0.3, 0.4) is 0 Å². The Morgan fingerprint density at radius 2 is 2.07 bits per heavy atom. The number of amides is 1. The number of rotatable bonds is 5. The van der Waals surface area contributed by atoms with Crippen molar-refractivity contribution >= 4 is 33.0 Å². The van der Waals surface area contributed by atoms with Crippen molar-refractivity contribution in [1.29, 1.82) is 0 Å². The fourth-order valence-corrected chi connectivity index (χ4v) is 6.34. The number of carbonyl (C=O) groups excluding carboxylic acids is 1. The predicted molar refractivity (Wildman–Crippen MR) is 106 cm³/mol. The predicted octanol–water partition coefficient (Wildman–Crippen LogP) is 3.06. The second-order valence-corrected chi connectivity index (χ2v) is 9.64. The van der Waals surface area contributed by atoms with E-state index in [1.165, 1.54) is 22.5 Å². The van der Waals surface area contributed by atoms with E-state index in [0.717, 1.165) is 11.3 Å². The topological polar surface area (TPSA) is 118 Å². The molecule has 1 aromatic carbocycles. The van der Waals surface area contributed by atoms with E-state index in [9.17, 15) is 17.6 Å². The Bertz CT molecular complexity index is 1190. The smallest absolute Gasteiger partial charge is 0.286 e. The zero-order valence-electron chi connectivity index (χ0n) is 16.1. The lowest BCUT2D eigenvalue weighted by Gasteiger charge is -2.21. The Morgan fingerprint density at radius 1 is 1.30 bits per heavy atom. The molecule has 1 N–H and O–H groups in total. The van der Waals surface area contributed by atoms with Crippen molar-refractivity contribution in [2.45, 2.75) is 37.6 Å². The Morgan fingerprint density at radius 3 is 2.77 bits per heavy atom. The molecule has 12 heteroatoms. The molecule has 3 heterocycles. The Hall–Kier alpha value is -2.70. The first-order chi connectivity index (χ1) is 14.3. The van der Waals surface area contributed by atoms with E-state index in [2.05, 4.69) is 20.7 Å². The number of sulfonamides is 1. The van der Waals surface area contributed by atoms with E-state index in [1.54, 1.807) is 19.9 Å². The quantitative estimate of drug-likeness (QED) is 0.633. The number of aromatic nitrogens is 3. The average molecular weight is 452 g/mol. The van der Waals surface area contributed by atoms with Crippen molar-refractivity contribution in [3.8, 4) is 0 Å². The van der Waals surface area contributed by atoms with Gasteiger partial charge in [-0.3, -0.25) is 4.79 Å². The van der Waals surface area contributed by atoms with Crippen LogP contribution in [0.2, 0.25) is 0 Å². The number of nitrogens with zero attached hydrogens (tertiary/aromatic N) is 4. The molecule has 1 aliphatic heterocycles. The Balaban J connectivity index is 1.58. The van der Waals surface area contributed by atoms with Crippen molar-refractivity contribution in [1.82, 2.24) is 19.7 Å². The molecule has 0 unspecified atom stereocenters. The highest BCUT2D eigenvalue weighted by Crippen LogP contribution is 2.39. The van der Waals surface area contributed by atoms with Crippen LogP contribution >= 0.6 is 11.3 Å². The highest BCUT2D eigenvalue weighted by atomic mass is 32.2. The highest BCUT2D eigenvalue weighted by Gasteiger charge is 2.41. The van der Waals surface area contributed by atoms with Gasteiger partial charge in [0.1, 0.15) is 21.4 Å². The molecule has 0 saturated carbocycles. The lowest BCUT2D eigenvalue weighted by Crippen LogP contribution is -2.31. The summed E-state index contributed by atoms with van der Waals surface area (Å²) in [6.45, 7) is 3.44. The molecule has 30 heavy (non-hydrogen) atoms. The molecule has 0 spiro atoms. The van der Waals surface area contributed by atoms with Gasteiger partial charge < -0.3 is 9.84 Å². The molecule has 0 radical (unpaired) electrons. The van der Waals surface area contributed by atoms with Gasteiger partial charge in [-0.25, -0.2) is 12.8 Å². The minimum Gasteiger partial charge on any atom is -0.360 e. The second kappa shape index (κ2) is 7.85. The zero-order valence-corrected chi connectivity index (χ0v) is 17.8. The normalized spacial score (nSPS) is 17.4. The fourth-order valence-electron chi connectivity index (χ4n) is 3.43. The van der Waals surface area contributed by atoms with Crippen molar-refractivity contribution in [2.75, 3.05) is 11.9 Å². The number of halogens is 1. The van der Waals surface area contributed by atoms with Crippen LogP contribution in [-0.2, 0) is 10.0 Å². The summed E-state index contributed by atoms with van der Waals surface area (Å²) in [5, 5.41) is 14.5. The summed E-state index contributed by atoms with van der Waals surface area (Å²) in [5.41, 5.74) is 0.322. The van der Waals surface area contributed by atoms with E-state index in [0.29, 0.717) is 30.1 Å². The number of para-hydroxylation sites is 1. The Labute approximate surface area is 176 Å². The molecule has 2 aromatic heterocycles. The standard InChI is InChI=1S/C18H18FN5O4S2/c1-10-15(11(2)28-23-10)30(26,27)24-9-5-8-14(24)17-21-22-18(29-17)16(25)20-13-7-4-3-6-12(13)19/h3-4,6-7,14H,5,8-9H2,1-2H3,(H,20,25)/t14-/m0/s1. The first kappa shape index (κ1) is 20.6. The van der Waals surface area contributed by atoms with E-state index in [1.807, 2.05) is 0 Å². The van der Waals surface area contributed by atoms with Crippen LogP contribution in [0, 0.1) is 19.7 Å². The third-order valence-electron chi connectivity index (χ3n) is 4.78. The van der Waals surface area contributed by atoms with Gasteiger partial charge in [0, 0.05) is 6.54 Å². The van der Waals surface area contributed by atoms with Crippen molar-refractivity contribution in [3.63, 3.8) is 0 Å². The average Bonchev–Trinajstić information content (AvgIpc) is 3.43. The summed E-state index contributed by atoms with van der Waals surface area (Å²) >= 11 is 0.987. The number of nitrogens with one attached hydrogen (secondary N) is 1. The molecular weight excluding hydrogens is 433 g/mol. The van der Waals surface area contributed by atoms with Gasteiger partial charge in [-0.2, -0.15) is 4.31 Å². The number of hydrogen-bond donors (Lipinski definition) is 1. The maximum Gasteiger partial charge on any atom is 0.286 e. The SMILES string of the molecule is Cc1noc(C)c1S(=O)(=O)N1CCC[C@H]1c1nnc(C(=O)Nc2ccccc2F)s1. The number of anilines is 1. The minimum atomic E-state index is -3.85. The van der Waals surface area contributed by atoms with Crippen molar-refractivity contribution < 1.29 is 22.1 Å². The molecule has 3 aromatic rings. The minimum absolute atomic E-state index is 0.0230. The fraction of sp³-hybridized carbons (Fsp3) is 0.333. The molecule has 0 bridgehead atoms. The number of carbonyl (C=O) groups is 1. The zero-order chi connectivity index (χ0) is 21.5. The van der Waals surface area contributed by atoms with E-state index in [-0.39, 0.29) is 21.4 Å².